The molecule has 3 nitrogen and oxygen atoms in total. The average molecular weight is 545 g/mol. The van der Waals surface area contributed by atoms with Crippen molar-refractivity contribution in [3.05, 3.63) is 121 Å². The largest absolute Gasteiger partial charge is 0.454 e. The van der Waals surface area contributed by atoms with Crippen molar-refractivity contribution < 1.29 is 4.42 Å². The summed E-state index contributed by atoms with van der Waals surface area (Å²) in [6.45, 7) is 0. The summed E-state index contributed by atoms with van der Waals surface area (Å²) in [6.07, 6.45) is 0. The van der Waals surface area contributed by atoms with Gasteiger partial charge in [-0.05, 0) is 47.2 Å². The van der Waals surface area contributed by atoms with E-state index in [-0.39, 0.29) is 0 Å². The molecule has 12 aromatic rings. The molecule has 43 heavy (non-hydrogen) atoms. The van der Waals surface area contributed by atoms with E-state index in [1.165, 1.54) is 81.4 Å². The van der Waals surface area contributed by atoms with Gasteiger partial charge in [0, 0.05) is 53.9 Å². The number of nitrogens with zero attached hydrogens (tertiary/aromatic N) is 2. The predicted octanol–water partition coefficient (Wildman–Crippen LogP) is 11.0. The summed E-state index contributed by atoms with van der Waals surface area (Å²) in [4.78, 5) is 0. The minimum Gasteiger partial charge on any atom is -0.454 e. The number of hydrogen-bond acceptors (Lipinski definition) is 1. The maximum atomic E-state index is 6.63. The van der Waals surface area contributed by atoms with E-state index in [2.05, 4.69) is 130 Å². The zero-order valence-corrected chi connectivity index (χ0v) is 22.8. The van der Waals surface area contributed by atoms with Crippen molar-refractivity contribution in [2.45, 2.75) is 0 Å². The quantitative estimate of drug-likeness (QED) is 0.186. The van der Waals surface area contributed by atoms with Crippen LogP contribution in [0.4, 0.5) is 0 Å². The van der Waals surface area contributed by atoms with Gasteiger partial charge in [-0.25, -0.2) is 0 Å². The van der Waals surface area contributed by atoms with Crippen LogP contribution in [0.25, 0.3) is 109 Å². The highest BCUT2D eigenvalue weighted by Gasteiger charge is 2.24. The lowest BCUT2D eigenvalue weighted by molar-refractivity contribution is 0.671. The van der Waals surface area contributed by atoms with Crippen molar-refractivity contribution in [1.82, 2.24) is 8.80 Å². The molecule has 0 amide bonds. The monoisotopic (exact) mass is 544 g/mol. The maximum absolute atomic E-state index is 6.63. The molecule has 0 bridgehead atoms. The van der Waals surface area contributed by atoms with Gasteiger partial charge in [0.15, 0.2) is 5.58 Å². The van der Waals surface area contributed by atoms with E-state index in [9.17, 15) is 0 Å². The number of aromatic nitrogens is 2. The molecule has 0 fully saturated rings. The summed E-state index contributed by atoms with van der Waals surface area (Å²) < 4.78 is 11.6. The molecule has 0 aliphatic heterocycles. The molecule has 5 heterocycles. The highest BCUT2D eigenvalue weighted by molar-refractivity contribution is 6.34. The second-order valence-electron chi connectivity index (χ2n) is 12.1. The van der Waals surface area contributed by atoms with Gasteiger partial charge in [-0.2, -0.15) is 0 Å². The van der Waals surface area contributed by atoms with Crippen LogP contribution in [0.5, 0.6) is 0 Å². The van der Waals surface area contributed by atoms with Crippen molar-refractivity contribution >= 4 is 109 Å². The van der Waals surface area contributed by atoms with Crippen molar-refractivity contribution in [3.8, 4) is 0 Å². The summed E-state index contributed by atoms with van der Waals surface area (Å²) in [7, 11) is 0. The minimum absolute atomic E-state index is 0.930. The molecular formula is C40H20N2O. The fourth-order valence-electron chi connectivity index (χ4n) is 8.46. The first-order valence-corrected chi connectivity index (χ1v) is 14.9. The van der Waals surface area contributed by atoms with Crippen molar-refractivity contribution in [1.29, 1.82) is 0 Å². The van der Waals surface area contributed by atoms with Gasteiger partial charge in [-0.3, -0.25) is 0 Å². The molecule has 0 aliphatic carbocycles. The smallest absolute Gasteiger partial charge is 0.160 e. The highest BCUT2D eigenvalue weighted by Crippen LogP contribution is 2.47. The number of benzene rings is 7. The number of rotatable bonds is 0. The fourth-order valence-corrected chi connectivity index (χ4v) is 8.46. The standard InChI is InChI=1S/C40H20N2O/c1-2-9-22-21(8-1)18-31-30-19-29-25-13-7-12-24-26-16-17-27-23-10-4-6-15-35(23)43-40(27)39(26)42(37(24)25)34(29)20-33(30)41-32-14-5-3-11-28(32)36(22)38(31)41/h1-20H. The molecule has 0 saturated heterocycles. The summed E-state index contributed by atoms with van der Waals surface area (Å²) >= 11 is 0. The van der Waals surface area contributed by atoms with Crippen molar-refractivity contribution in [3.63, 3.8) is 0 Å². The topological polar surface area (TPSA) is 22.0 Å². The van der Waals surface area contributed by atoms with Gasteiger partial charge in [0.05, 0.1) is 33.1 Å². The number of furan rings is 1. The van der Waals surface area contributed by atoms with Gasteiger partial charge in [0.25, 0.3) is 0 Å². The van der Waals surface area contributed by atoms with Gasteiger partial charge in [0.2, 0.25) is 0 Å². The molecule has 0 saturated carbocycles. The summed E-state index contributed by atoms with van der Waals surface area (Å²) in [5.41, 5.74) is 9.34. The Morgan fingerprint density at radius 2 is 1.05 bits per heavy atom. The third kappa shape index (κ3) is 2.22. The van der Waals surface area contributed by atoms with E-state index in [4.69, 9.17) is 4.42 Å². The van der Waals surface area contributed by atoms with Crippen LogP contribution in [-0.2, 0) is 0 Å². The first-order chi connectivity index (χ1) is 21.3. The zero-order valence-electron chi connectivity index (χ0n) is 22.8. The second kappa shape index (κ2) is 6.80. The summed E-state index contributed by atoms with van der Waals surface area (Å²) in [6, 6.07) is 44.6. The molecule has 196 valence electrons. The molecule has 0 atom stereocenters. The third-order valence-electron chi connectivity index (χ3n) is 10.1. The molecule has 3 heteroatoms. The second-order valence-corrected chi connectivity index (χ2v) is 12.1. The summed E-state index contributed by atoms with van der Waals surface area (Å²) in [5.74, 6) is 0. The van der Waals surface area contributed by atoms with Crippen LogP contribution in [0.2, 0.25) is 0 Å². The molecule has 0 aliphatic rings. The molecule has 7 aromatic carbocycles. The first kappa shape index (κ1) is 21.0. The third-order valence-corrected chi connectivity index (χ3v) is 10.1. The van der Waals surface area contributed by atoms with E-state index in [1.54, 1.807) is 0 Å². The van der Waals surface area contributed by atoms with Crippen LogP contribution >= 0.6 is 0 Å². The SMILES string of the molecule is c1ccc2c(c1)cc1c3cc4c5cccc6c7ccc8c9ccccc9oc8c7n(c4cc3n3c4ccccc4c2c13)c56. The lowest BCUT2D eigenvalue weighted by Crippen LogP contribution is -1.84. The highest BCUT2D eigenvalue weighted by atomic mass is 16.3. The van der Waals surface area contributed by atoms with E-state index >= 15 is 0 Å². The molecule has 0 radical (unpaired) electrons. The van der Waals surface area contributed by atoms with Crippen molar-refractivity contribution in [2.75, 3.05) is 0 Å². The van der Waals surface area contributed by atoms with Crippen LogP contribution < -0.4 is 0 Å². The lowest BCUT2D eigenvalue weighted by Gasteiger charge is -2.03. The van der Waals surface area contributed by atoms with Crippen LogP contribution in [0.1, 0.15) is 0 Å². The number of hydrogen-bond donors (Lipinski definition) is 0. The van der Waals surface area contributed by atoms with E-state index in [1.807, 2.05) is 0 Å². The maximum Gasteiger partial charge on any atom is 0.160 e. The molecular weight excluding hydrogens is 524 g/mol. The van der Waals surface area contributed by atoms with Crippen molar-refractivity contribution in [2.24, 2.45) is 0 Å². The van der Waals surface area contributed by atoms with E-state index in [0.717, 1.165) is 27.5 Å². The van der Waals surface area contributed by atoms with E-state index in [0.29, 0.717) is 0 Å². The van der Waals surface area contributed by atoms with Crippen LogP contribution in [0, 0.1) is 0 Å². The number of fused-ring (bicyclic) bond motifs is 18. The van der Waals surface area contributed by atoms with Gasteiger partial charge in [-0.1, -0.05) is 84.9 Å². The van der Waals surface area contributed by atoms with E-state index < -0.39 is 0 Å². The molecule has 12 rings (SSSR count). The van der Waals surface area contributed by atoms with Gasteiger partial charge >= 0.3 is 0 Å². The van der Waals surface area contributed by atoms with Gasteiger partial charge < -0.3 is 13.2 Å². The Labute approximate surface area is 243 Å². The Balaban J connectivity index is 1.38. The Hall–Kier alpha value is -5.80. The van der Waals surface area contributed by atoms with Crippen LogP contribution in [0.3, 0.4) is 0 Å². The lowest BCUT2D eigenvalue weighted by atomic mass is 9.99. The minimum atomic E-state index is 0.930. The molecule has 5 aromatic heterocycles. The Morgan fingerprint density at radius 3 is 1.98 bits per heavy atom. The first-order valence-electron chi connectivity index (χ1n) is 14.9. The molecule has 0 spiro atoms. The zero-order chi connectivity index (χ0) is 27.6. The fraction of sp³-hybridized carbons (Fsp3) is 0. The van der Waals surface area contributed by atoms with Crippen LogP contribution in [-0.4, -0.2) is 8.80 Å². The van der Waals surface area contributed by atoms with Crippen LogP contribution in [0.15, 0.2) is 126 Å². The van der Waals surface area contributed by atoms with Gasteiger partial charge in [0.1, 0.15) is 5.58 Å². The molecule has 0 unspecified atom stereocenters. The summed E-state index contributed by atoms with van der Waals surface area (Å²) in [5, 5.41) is 15.3. The predicted molar refractivity (Wildman–Crippen MR) is 181 cm³/mol. The Bertz CT molecular complexity index is 3170. The molecule has 0 N–H and O–H groups in total. The number of para-hydroxylation sites is 3. The van der Waals surface area contributed by atoms with Gasteiger partial charge in [-0.15, -0.1) is 0 Å². The Morgan fingerprint density at radius 1 is 0.372 bits per heavy atom. The Kier molecular flexibility index (Phi) is 3.32. The average Bonchev–Trinajstić information content (AvgIpc) is 3.84. The normalized spacial score (nSPS) is 13.1.